The number of carboxylic acids is 1. The van der Waals surface area contributed by atoms with E-state index in [1.54, 1.807) is 6.07 Å². The van der Waals surface area contributed by atoms with E-state index in [0.29, 0.717) is 18.3 Å². The van der Waals surface area contributed by atoms with Gasteiger partial charge in [0.25, 0.3) is 0 Å². The summed E-state index contributed by atoms with van der Waals surface area (Å²) < 4.78 is 0. The maximum Gasteiger partial charge on any atom is 0.354 e. The van der Waals surface area contributed by atoms with E-state index in [2.05, 4.69) is 10.3 Å². The molecule has 0 amide bonds. The number of aromatic nitrogens is 1. The molecule has 1 aliphatic rings. The number of carbonyl (C=O) groups is 1. The lowest BCUT2D eigenvalue weighted by Gasteiger charge is -2.14. The summed E-state index contributed by atoms with van der Waals surface area (Å²) in [4.78, 5) is 15.4. The first kappa shape index (κ1) is 13.8. The second-order valence-corrected chi connectivity index (χ2v) is 5.60. The number of rotatable bonds is 4. The summed E-state index contributed by atoms with van der Waals surface area (Å²) in [7, 11) is 0. The van der Waals surface area contributed by atoms with E-state index in [1.807, 2.05) is 24.3 Å². The van der Waals surface area contributed by atoms with Crippen LogP contribution in [0, 0.1) is 5.92 Å². The van der Waals surface area contributed by atoms with Gasteiger partial charge in [0.2, 0.25) is 0 Å². The number of carboxylic acid groups (broad SMARTS) is 1. The Morgan fingerprint density at radius 3 is 2.86 bits per heavy atom. The monoisotopic (exact) mass is 286 g/mol. The largest absolute Gasteiger partial charge is 0.477 e. The Morgan fingerprint density at radius 1 is 1.33 bits per heavy atom. The van der Waals surface area contributed by atoms with Crippen molar-refractivity contribution in [2.45, 2.75) is 25.4 Å². The van der Waals surface area contributed by atoms with Gasteiger partial charge in [0, 0.05) is 11.9 Å². The molecule has 0 bridgehead atoms. The summed E-state index contributed by atoms with van der Waals surface area (Å²) in [6, 6.07) is 9.19. The van der Waals surface area contributed by atoms with Crippen molar-refractivity contribution >= 4 is 22.6 Å². The van der Waals surface area contributed by atoms with Gasteiger partial charge >= 0.3 is 5.97 Å². The molecule has 1 aliphatic carbocycles. The highest BCUT2D eigenvalue weighted by Gasteiger charge is 2.22. The van der Waals surface area contributed by atoms with Gasteiger partial charge in [-0.1, -0.05) is 24.3 Å². The Bertz CT molecular complexity index is 672. The molecule has 0 aliphatic heterocycles. The minimum Gasteiger partial charge on any atom is -0.477 e. The number of benzene rings is 1. The average molecular weight is 286 g/mol. The Hall–Kier alpha value is -2.14. The molecule has 3 rings (SSSR count). The molecule has 1 heterocycles. The molecule has 21 heavy (non-hydrogen) atoms. The van der Waals surface area contributed by atoms with E-state index >= 15 is 0 Å². The molecule has 0 spiro atoms. The van der Waals surface area contributed by atoms with Crippen LogP contribution in [0.5, 0.6) is 0 Å². The van der Waals surface area contributed by atoms with Gasteiger partial charge in [-0.05, 0) is 36.6 Å². The van der Waals surface area contributed by atoms with Crippen LogP contribution in [0.15, 0.2) is 30.3 Å². The van der Waals surface area contributed by atoms with Crippen molar-refractivity contribution in [1.82, 2.24) is 4.98 Å². The lowest BCUT2D eigenvalue weighted by atomic mass is 10.1. The van der Waals surface area contributed by atoms with Gasteiger partial charge < -0.3 is 15.5 Å². The predicted octanol–water partition coefficient (Wildman–Crippen LogP) is 2.51. The Balaban J connectivity index is 1.87. The summed E-state index contributed by atoms with van der Waals surface area (Å²) in [6.45, 7) is 0.705. The zero-order valence-electron chi connectivity index (χ0n) is 11.6. The third-order valence-corrected chi connectivity index (χ3v) is 4.03. The number of pyridine rings is 1. The van der Waals surface area contributed by atoms with Crippen LogP contribution >= 0.6 is 0 Å². The van der Waals surface area contributed by atoms with Crippen LogP contribution in [-0.2, 0) is 0 Å². The van der Waals surface area contributed by atoms with Crippen molar-refractivity contribution in [3.05, 3.63) is 36.0 Å². The molecular formula is C16H18N2O3. The summed E-state index contributed by atoms with van der Waals surface area (Å²) in [6.07, 6.45) is 2.43. The van der Waals surface area contributed by atoms with Crippen LogP contribution in [0.4, 0.5) is 5.82 Å². The first-order valence-electron chi connectivity index (χ1n) is 7.18. The summed E-state index contributed by atoms with van der Waals surface area (Å²) >= 11 is 0. The Kier molecular flexibility index (Phi) is 3.75. The van der Waals surface area contributed by atoms with Crippen LogP contribution in [-0.4, -0.2) is 33.8 Å². The molecule has 0 saturated heterocycles. The van der Waals surface area contributed by atoms with Crippen molar-refractivity contribution < 1.29 is 15.0 Å². The van der Waals surface area contributed by atoms with Crippen molar-refractivity contribution in [3.63, 3.8) is 0 Å². The van der Waals surface area contributed by atoms with Gasteiger partial charge in [-0.25, -0.2) is 9.78 Å². The topological polar surface area (TPSA) is 82.5 Å². The lowest BCUT2D eigenvalue weighted by Crippen LogP contribution is -2.14. The standard InChI is InChI=1S/C16H18N2O3/c19-12-6-5-10(7-12)9-17-15-13-4-2-1-3-11(13)8-14(18-15)16(20)21/h1-4,8,10,12,19H,5-7,9H2,(H,17,18)(H,20,21). The Labute approximate surface area is 122 Å². The molecule has 2 unspecified atom stereocenters. The van der Waals surface area contributed by atoms with E-state index in [-0.39, 0.29) is 11.8 Å². The molecule has 0 radical (unpaired) electrons. The van der Waals surface area contributed by atoms with Crippen LogP contribution in [0.25, 0.3) is 10.8 Å². The molecule has 1 fully saturated rings. The number of hydrogen-bond donors (Lipinski definition) is 3. The van der Waals surface area contributed by atoms with Crippen LogP contribution < -0.4 is 5.32 Å². The third-order valence-electron chi connectivity index (χ3n) is 4.03. The van der Waals surface area contributed by atoms with E-state index in [0.717, 1.165) is 30.0 Å². The first-order valence-corrected chi connectivity index (χ1v) is 7.18. The van der Waals surface area contributed by atoms with Gasteiger partial charge in [-0.15, -0.1) is 0 Å². The fraction of sp³-hybridized carbons (Fsp3) is 0.375. The van der Waals surface area contributed by atoms with Crippen molar-refractivity contribution in [3.8, 4) is 0 Å². The highest BCUT2D eigenvalue weighted by Crippen LogP contribution is 2.27. The molecule has 2 atom stereocenters. The lowest BCUT2D eigenvalue weighted by molar-refractivity contribution is 0.0691. The normalized spacial score (nSPS) is 21.6. The number of nitrogens with zero attached hydrogens (tertiary/aromatic N) is 1. The number of aliphatic hydroxyl groups is 1. The molecule has 1 saturated carbocycles. The number of hydrogen-bond acceptors (Lipinski definition) is 4. The maximum absolute atomic E-state index is 11.2. The zero-order chi connectivity index (χ0) is 14.8. The fourth-order valence-electron chi connectivity index (χ4n) is 2.92. The van der Waals surface area contributed by atoms with Gasteiger partial charge in [-0.3, -0.25) is 0 Å². The smallest absolute Gasteiger partial charge is 0.354 e. The summed E-state index contributed by atoms with van der Waals surface area (Å²) in [5.74, 6) is -0.0129. The molecule has 110 valence electrons. The van der Waals surface area contributed by atoms with E-state index in [9.17, 15) is 9.90 Å². The second-order valence-electron chi connectivity index (χ2n) is 5.60. The van der Waals surface area contributed by atoms with Gasteiger partial charge in [0.15, 0.2) is 5.69 Å². The minimum atomic E-state index is -1.03. The number of aliphatic hydroxyl groups excluding tert-OH is 1. The quantitative estimate of drug-likeness (QED) is 0.804. The molecule has 1 aromatic heterocycles. The Morgan fingerprint density at radius 2 is 2.14 bits per heavy atom. The molecular weight excluding hydrogens is 268 g/mol. The van der Waals surface area contributed by atoms with Gasteiger partial charge in [0.1, 0.15) is 5.82 Å². The predicted molar refractivity (Wildman–Crippen MR) is 80.5 cm³/mol. The zero-order valence-corrected chi connectivity index (χ0v) is 11.6. The molecule has 5 heteroatoms. The highest BCUT2D eigenvalue weighted by atomic mass is 16.4. The molecule has 3 N–H and O–H groups in total. The summed E-state index contributed by atoms with van der Waals surface area (Å²) in [5, 5.41) is 23.8. The van der Waals surface area contributed by atoms with E-state index in [1.165, 1.54) is 0 Å². The highest BCUT2D eigenvalue weighted by molar-refractivity contribution is 5.97. The number of aromatic carboxylic acids is 1. The van der Waals surface area contributed by atoms with Crippen LogP contribution in [0.2, 0.25) is 0 Å². The average Bonchev–Trinajstić information content (AvgIpc) is 2.90. The van der Waals surface area contributed by atoms with Crippen molar-refractivity contribution in [1.29, 1.82) is 0 Å². The van der Waals surface area contributed by atoms with Crippen molar-refractivity contribution in [2.24, 2.45) is 5.92 Å². The number of fused-ring (bicyclic) bond motifs is 1. The van der Waals surface area contributed by atoms with E-state index < -0.39 is 5.97 Å². The number of anilines is 1. The number of nitrogens with one attached hydrogen (secondary N) is 1. The molecule has 5 nitrogen and oxygen atoms in total. The molecule has 2 aromatic rings. The van der Waals surface area contributed by atoms with Crippen LogP contribution in [0.3, 0.4) is 0 Å². The minimum absolute atomic E-state index is 0.0441. The van der Waals surface area contributed by atoms with Crippen molar-refractivity contribution in [2.75, 3.05) is 11.9 Å². The molecule has 1 aromatic carbocycles. The third kappa shape index (κ3) is 2.97. The van der Waals surface area contributed by atoms with Gasteiger partial charge in [0.05, 0.1) is 6.10 Å². The fourth-order valence-corrected chi connectivity index (χ4v) is 2.92. The van der Waals surface area contributed by atoms with Gasteiger partial charge in [-0.2, -0.15) is 0 Å². The second kappa shape index (κ2) is 5.69. The first-order chi connectivity index (χ1) is 10.1. The summed E-state index contributed by atoms with van der Waals surface area (Å²) in [5.41, 5.74) is 0.0441. The van der Waals surface area contributed by atoms with E-state index in [4.69, 9.17) is 5.11 Å². The SMILES string of the molecule is O=C(O)c1cc2ccccc2c(NCC2CCC(O)C2)n1. The maximum atomic E-state index is 11.2. The van der Waals surface area contributed by atoms with Crippen LogP contribution in [0.1, 0.15) is 29.8 Å².